The summed E-state index contributed by atoms with van der Waals surface area (Å²) in [6.45, 7) is 5.14. The summed E-state index contributed by atoms with van der Waals surface area (Å²) in [6.07, 6.45) is -1.44. The average Bonchev–Trinajstić information content (AvgIpc) is 2.37. The van der Waals surface area contributed by atoms with Gasteiger partial charge < -0.3 is 5.32 Å². The molecular weight excluding hydrogens is 251 g/mol. The fourth-order valence-corrected chi connectivity index (χ4v) is 2.43. The molecule has 0 heterocycles. The molecule has 0 saturated heterocycles. The lowest BCUT2D eigenvalue weighted by Gasteiger charge is -2.32. The van der Waals surface area contributed by atoms with Crippen LogP contribution in [0.2, 0.25) is 0 Å². The zero-order chi connectivity index (χ0) is 14.5. The first-order valence-electron chi connectivity index (χ1n) is 6.67. The Balaban J connectivity index is 2.86. The lowest BCUT2D eigenvalue weighted by atomic mass is 9.77. The molecule has 0 aliphatic heterocycles. The average molecular weight is 273 g/mol. The zero-order valence-corrected chi connectivity index (χ0v) is 11.8. The van der Waals surface area contributed by atoms with Crippen molar-refractivity contribution in [1.82, 2.24) is 5.32 Å². The third-order valence-electron chi connectivity index (χ3n) is 3.91. The van der Waals surface area contributed by atoms with Crippen LogP contribution in [0.1, 0.15) is 37.8 Å². The van der Waals surface area contributed by atoms with Gasteiger partial charge in [-0.1, -0.05) is 26.0 Å². The van der Waals surface area contributed by atoms with Gasteiger partial charge in [0.15, 0.2) is 0 Å². The van der Waals surface area contributed by atoms with Gasteiger partial charge in [-0.05, 0) is 49.4 Å². The highest BCUT2D eigenvalue weighted by Crippen LogP contribution is 2.32. The Hall–Kier alpha value is -1.03. The number of rotatable bonds is 6. The van der Waals surface area contributed by atoms with E-state index in [0.717, 1.165) is 31.4 Å². The van der Waals surface area contributed by atoms with Crippen LogP contribution in [0.5, 0.6) is 0 Å². The zero-order valence-electron chi connectivity index (χ0n) is 11.8. The molecule has 1 nitrogen and oxygen atoms in total. The van der Waals surface area contributed by atoms with Gasteiger partial charge in [-0.2, -0.15) is 13.2 Å². The van der Waals surface area contributed by atoms with Crippen molar-refractivity contribution in [3.63, 3.8) is 0 Å². The van der Waals surface area contributed by atoms with Gasteiger partial charge in [0.1, 0.15) is 0 Å². The minimum atomic E-state index is -4.25. The van der Waals surface area contributed by atoms with Crippen molar-refractivity contribution in [2.45, 2.75) is 39.3 Å². The molecule has 1 aromatic carbocycles. The maximum Gasteiger partial charge on any atom is 0.416 e. The molecular formula is C15H22F3N. The Bertz CT molecular complexity index is 377. The van der Waals surface area contributed by atoms with Crippen LogP contribution in [-0.4, -0.2) is 13.6 Å². The van der Waals surface area contributed by atoms with Gasteiger partial charge in [0.05, 0.1) is 5.56 Å². The van der Waals surface area contributed by atoms with E-state index in [4.69, 9.17) is 0 Å². The SMILES string of the molecule is CCC(CC)(CNC)Cc1ccc(C(F)(F)F)cc1. The van der Waals surface area contributed by atoms with Crippen LogP contribution < -0.4 is 5.32 Å². The van der Waals surface area contributed by atoms with E-state index in [9.17, 15) is 13.2 Å². The molecule has 0 radical (unpaired) electrons. The first kappa shape index (κ1) is 16.0. The van der Waals surface area contributed by atoms with E-state index >= 15 is 0 Å². The standard InChI is InChI=1S/C15H22F3N/c1-4-14(5-2,11-19-3)10-12-6-8-13(9-7-12)15(16,17)18/h6-9,19H,4-5,10-11H2,1-3H3. The Labute approximate surface area is 113 Å². The van der Waals surface area contributed by atoms with E-state index in [2.05, 4.69) is 19.2 Å². The monoisotopic (exact) mass is 273 g/mol. The lowest BCUT2D eigenvalue weighted by Crippen LogP contribution is -2.33. The van der Waals surface area contributed by atoms with Crippen LogP contribution in [-0.2, 0) is 12.6 Å². The summed E-state index contributed by atoms with van der Waals surface area (Å²) >= 11 is 0. The van der Waals surface area contributed by atoms with Gasteiger partial charge in [-0.15, -0.1) is 0 Å². The third-order valence-corrected chi connectivity index (χ3v) is 3.91. The van der Waals surface area contributed by atoms with Crippen molar-refractivity contribution >= 4 is 0 Å². The van der Waals surface area contributed by atoms with Crippen LogP contribution in [0.25, 0.3) is 0 Å². The van der Waals surface area contributed by atoms with Crippen LogP contribution in [0.4, 0.5) is 13.2 Å². The molecule has 0 bridgehead atoms. The number of nitrogens with one attached hydrogen (secondary N) is 1. The van der Waals surface area contributed by atoms with Gasteiger partial charge in [0.2, 0.25) is 0 Å². The number of alkyl halides is 3. The molecule has 1 N–H and O–H groups in total. The van der Waals surface area contributed by atoms with E-state index in [1.165, 1.54) is 12.1 Å². The summed E-state index contributed by atoms with van der Waals surface area (Å²) in [7, 11) is 1.91. The quantitative estimate of drug-likeness (QED) is 0.816. The summed E-state index contributed by atoms with van der Waals surface area (Å²) in [4.78, 5) is 0. The highest BCUT2D eigenvalue weighted by molar-refractivity contribution is 5.25. The maximum atomic E-state index is 12.5. The van der Waals surface area contributed by atoms with E-state index in [-0.39, 0.29) is 5.41 Å². The molecule has 0 atom stereocenters. The second-order valence-electron chi connectivity index (χ2n) is 5.11. The van der Waals surface area contributed by atoms with Crippen molar-refractivity contribution in [3.05, 3.63) is 35.4 Å². The summed E-state index contributed by atoms with van der Waals surface area (Å²) in [5.41, 5.74) is 0.504. The molecule has 0 amide bonds. The minimum Gasteiger partial charge on any atom is -0.319 e. The maximum absolute atomic E-state index is 12.5. The van der Waals surface area contributed by atoms with Gasteiger partial charge in [-0.25, -0.2) is 0 Å². The first-order chi connectivity index (χ1) is 8.87. The Morgan fingerprint density at radius 2 is 1.53 bits per heavy atom. The van der Waals surface area contributed by atoms with Crippen molar-refractivity contribution in [3.8, 4) is 0 Å². The molecule has 0 unspecified atom stereocenters. The van der Waals surface area contributed by atoms with Crippen LogP contribution in [0.3, 0.4) is 0 Å². The molecule has 0 aliphatic carbocycles. The van der Waals surface area contributed by atoms with Gasteiger partial charge in [0.25, 0.3) is 0 Å². The normalized spacial score (nSPS) is 12.7. The predicted molar refractivity (Wildman–Crippen MR) is 72.1 cm³/mol. The van der Waals surface area contributed by atoms with Crippen LogP contribution >= 0.6 is 0 Å². The highest BCUT2D eigenvalue weighted by atomic mass is 19.4. The molecule has 108 valence electrons. The van der Waals surface area contributed by atoms with Crippen LogP contribution in [0, 0.1) is 5.41 Å². The van der Waals surface area contributed by atoms with Gasteiger partial charge in [-0.3, -0.25) is 0 Å². The van der Waals surface area contributed by atoms with Crippen molar-refractivity contribution in [2.24, 2.45) is 5.41 Å². The van der Waals surface area contributed by atoms with E-state index in [1.807, 2.05) is 7.05 Å². The second-order valence-corrected chi connectivity index (χ2v) is 5.11. The molecule has 0 saturated carbocycles. The summed E-state index contributed by atoms with van der Waals surface area (Å²) in [5.74, 6) is 0. The molecule has 4 heteroatoms. The highest BCUT2D eigenvalue weighted by Gasteiger charge is 2.30. The molecule has 1 rings (SSSR count). The van der Waals surface area contributed by atoms with E-state index < -0.39 is 11.7 Å². The summed E-state index contributed by atoms with van der Waals surface area (Å²) in [5, 5.41) is 3.19. The molecule has 0 spiro atoms. The topological polar surface area (TPSA) is 12.0 Å². The van der Waals surface area contributed by atoms with Crippen molar-refractivity contribution in [2.75, 3.05) is 13.6 Å². The van der Waals surface area contributed by atoms with E-state index in [0.29, 0.717) is 0 Å². The number of halogens is 3. The molecule has 1 aromatic rings. The Morgan fingerprint density at radius 3 is 1.89 bits per heavy atom. The molecule has 0 aliphatic rings. The third kappa shape index (κ3) is 4.23. The van der Waals surface area contributed by atoms with Gasteiger partial charge in [0, 0.05) is 6.54 Å². The lowest BCUT2D eigenvalue weighted by molar-refractivity contribution is -0.137. The van der Waals surface area contributed by atoms with Gasteiger partial charge >= 0.3 is 6.18 Å². The summed E-state index contributed by atoms with van der Waals surface area (Å²) in [6, 6.07) is 5.53. The van der Waals surface area contributed by atoms with E-state index in [1.54, 1.807) is 12.1 Å². The molecule has 0 aromatic heterocycles. The Kier molecular flexibility index (Phi) is 5.41. The fraction of sp³-hybridized carbons (Fsp3) is 0.600. The van der Waals surface area contributed by atoms with Crippen LogP contribution in [0.15, 0.2) is 24.3 Å². The fourth-order valence-electron chi connectivity index (χ4n) is 2.43. The minimum absolute atomic E-state index is 0.120. The first-order valence-corrected chi connectivity index (χ1v) is 6.67. The summed E-state index contributed by atoms with van der Waals surface area (Å²) < 4.78 is 37.5. The Morgan fingerprint density at radius 1 is 1.00 bits per heavy atom. The number of hydrogen-bond acceptors (Lipinski definition) is 1. The largest absolute Gasteiger partial charge is 0.416 e. The van der Waals surface area contributed by atoms with Crippen molar-refractivity contribution in [1.29, 1.82) is 0 Å². The number of benzene rings is 1. The smallest absolute Gasteiger partial charge is 0.319 e. The number of hydrogen-bond donors (Lipinski definition) is 1. The second kappa shape index (κ2) is 6.42. The van der Waals surface area contributed by atoms with Crippen molar-refractivity contribution < 1.29 is 13.2 Å². The molecule has 0 fully saturated rings. The molecule has 19 heavy (non-hydrogen) atoms. The predicted octanol–water partition coefficient (Wildman–Crippen LogP) is 4.27.